The first-order valence-electron chi connectivity index (χ1n) is 35.6. The summed E-state index contributed by atoms with van der Waals surface area (Å²) in [4.78, 5) is 38.4. The monoisotopic (exact) mass is 1140 g/mol. The SMILES string of the molecule is CC/C=C\C/C=C\C/C=C\C/C=C\C/C=C\CCCCCC(=O)OC(COC(=O)CCCCCCC/C=C\C/C=C\CCCC)COC(=O)CCCCCCCCCCCCCCCCCCCCCCCCCCCCCCCCC. The summed E-state index contributed by atoms with van der Waals surface area (Å²) in [5, 5.41) is 0. The Morgan fingerprint density at radius 2 is 0.488 bits per heavy atom. The number of allylic oxidation sites excluding steroid dienone is 14. The van der Waals surface area contributed by atoms with Crippen molar-refractivity contribution < 1.29 is 28.6 Å². The average molecular weight is 1140 g/mol. The third kappa shape index (κ3) is 67.4. The smallest absolute Gasteiger partial charge is 0.306 e. The van der Waals surface area contributed by atoms with E-state index in [0.29, 0.717) is 12.8 Å². The first-order valence-corrected chi connectivity index (χ1v) is 35.6. The standard InChI is InChI=1S/C76H134O6/c1-4-7-10-13-16-19-22-25-28-30-32-33-34-35-36-37-38-39-40-41-42-43-45-46-48-51-54-57-60-63-66-69-75(78)81-72-73(71-80-74(77)68-65-62-59-56-53-50-27-24-21-18-15-12-9-6-3)82-76(79)70-67-64-61-58-55-52-49-47-44-31-29-26-23-20-17-14-11-8-5-2/h8,11,15,17-18,20,24,26-27,29,44,47,52,55,73H,4-7,9-10,12-14,16,19,21-23,25,28,30-43,45-46,48-51,53-54,56-72H2,1-3H3/b11-8-,18-15-,20-17-,27-24-,29-26-,47-44-,55-52-. The summed E-state index contributed by atoms with van der Waals surface area (Å²) in [5.74, 6) is -0.923. The lowest BCUT2D eigenvalue weighted by Crippen LogP contribution is -2.30. The van der Waals surface area contributed by atoms with Crippen LogP contribution in [0.5, 0.6) is 0 Å². The molecule has 6 nitrogen and oxygen atoms in total. The number of unbranched alkanes of at least 4 members (excludes halogenated alkanes) is 40. The van der Waals surface area contributed by atoms with Crippen LogP contribution in [0.4, 0.5) is 0 Å². The Morgan fingerprint density at radius 3 is 0.793 bits per heavy atom. The van der Waals surface area contributed by atoms with Crippen LogP contribution >= 0.6 is 0 Å². The van der Waals surface area contributed by atoms with Crippen molar-refractivity contribution in [1.29, 1.82) is 0 Å². The summed E-state index contributed by atoms with van der Waals surface area (Å²) in [6, 6.07) is 0. The van der Waals surface area contributed by atoms with Gasteiger partial charge in [0, 0.05) is 19.3 Å². The molecule has 0 N–H and O–H groups in total. The topological polar surface area (TPSA) is 78.9 Å². The molecule has 0 saturated carbocycles. The Morgan fingerprint density at radius 1 is 0.256 bits per heavy atom. The molecule has 0 amide bonds. The predicted molar refractivity (Wildman–Crippen MR) is 358 cm³/mol. The molecule has 0 aromatic rings. The number of rotatable bonds is 65. The van der Waals surface area contributed by atoms with E-state index in [-0.39, 0.29) is 37.5 Å². The van der Waals surface area contributed by atoms with Crippen LogP contribution < -0.4 is 0 Å². The maximum atomic E-state index is 12.9. The number of carbonyl (C=O) groups excluding carboxylic acids is 3. The van der Waals surface area contributed by atoms with Crippen LogP contribution in [0.25, 0.3) is 0 Å². The lowest BCUT2D eigenvalue weighted by Gasteiger charge is -2.18. The van der Waals surface area contributed by atoms with Crippen LogP contribution in [-0.4, -0.2) is 37.2 Å². The van der Waals surface area contributed by atoms with Crippen molar-refractivity contribution in [3.05, 3.63) is 85.1 Å². The van der Waals surface area contributed by atoms with Gasteiger partial charge in [-0.3, -0.25) is 14.4 Å². The third-order valence-electron chi connectivity index (χ3n) is 15.6. The minimum Gasteiger partial charge on any atom is -0.462 e. The highest BCUT2D eigenvalue weighted by atomic mass is 16.6. The highest BCUT2D eigenvalue weighted by Crippen LogP contribution is 2.18. The molecule has 82 heavy (non-hydrogen) atoms. The van der Waals surface area contributed by atoms with Gasteiger partial charge in [0.05, 0.1) is 0 Å². The maximum Gasteiger partial charge on any atom is 0.306 e. The molecule has 0 aliphatic carbocycles. The molecule has 1 unspecified atom stereocenters. The largest absolute Gasteiger partial charge is 0.462 e. The van der Waals surface area contributed by atoms with Gasteiger partial charge in [0.2, 0.25) is 0 Å². The number of esters is 3. The third-order valence-corrected chi connectivity index (χ3v) is 15.6. The van der Waals surface area contributed by atoms with Crippen molar-refractivity contribution in [3.8, 4) is 0 Å². The zero-order valence-electron chi connectivity index (χ0n) is 54.5. The Kier molecular flexibility index (Phi) is 67.2. The van der Waals surface area contributed by atoms with Gasteiger partial charge in [0.15, 0.2) is 6.10 Å². The molecule has 0 aliphatic rings. The van der Waals surface area contributed by atoms with E-state index in [0.717, 1.165) is 122 Å². The zero-order chi connectivity index (χ0) is 59.2. The number of hydrogen-bond acceptors (Lipinski definition) is 6. The van der Waals surface area contributed by atoms with E-state index < -0.39 is 6.10 Å². The second-order valence-corrected chi connectivity index (χ2v) is 23.8. The van der Waals surface area contributed by atoms with Gasteiger partial charge in [-0.05, 0) is 89.9 Å². The van der Waals surface area contributed by atoms with Crippen LogP contribution in [0.15, 0.2) is 85.1 Å². The first-order chi connectivity index (χ1) is 40.5. The minimum absolute atomic E-state index is 0.0921. The fourth-order valence-electron chi connectivity index (χ4n) is 10.3. The van der Waals surface area contributed by atoms with Crippen LogP contribution in [0.2, 0.25) is 0 Å². The molecule has 0 aromatic heterocycles. The van der Waals surface area contributed by atoms with Crippen LogP contribution in [0.3, 0.4) is 0 Å². The van der Waals surface area contributed by atoms with Gasteiger partial charge in [-0.2, -0.15) is 0 Å². The lowest BCUT2D eigenvalue weighted by atomic mass is 10.0. The first kappa shape index (κ1) is 78.6. The van der Waals surface area contributed by atoms with Crippen molar-refractivity contribution in [1.82, 2.24) is 0 Å². The molecule has 474 valence electrons. The van der Waals surface area contributed by atoms with E-state index in [9.17, 15) is 14.4 Å². The summed E-state index contributed by atoms with van der Waals surface area (Å²) in [6.07, 6.45) is 93.5. The van der Waals surface area contributed by atoms with E-state index in [1.807, 2.05) is 0 Å². The maximum absolute atomic E-state index is 12.9. The Balaban J connectivity index is 4.23. The molecule has 0 rings (SSSR count). The van der Waals surface area contributed by atoms with Gasteiger partial charge in [0.25, 0.3) is 0 Å². The Labute approximate surface area is 509 Å². The normalized spacial score (nSPS) is 12.6. The minimum atomic E-state index is -0.801. The molecule has 0 radical (unpaired) electrons. The Hall–Kier alpha value is -3.41. The van der Waals surface area contributed by atoms with Gasteiger partial charge in [0.1, 0.15) is 13.2 Å². The van der Waals surface area contributed by atoms with Gasteiger partial charge < -0.3 is 14.2 Å². The molecule has 0 aliphatic heterocycles. The fourth-order valence-corrected chi connectivity index (χ4v) is 10.3. The fraction of sp³-hybridized carbons (Fsp3) is 0.776. The quantitative estimate of drug-likeness (QED) is 0.0261. The van der Waals surface area contributed by atoms with E-state index >= 15 is 0 Å². The molecule has 0 fully saturated rings. The summed E-state index contributed by atoms with van der Waals surface area (Å²) < 4.78 is 16.9. The molecule has 0 saturated heterocycles. The van der Waals surface area contributed by atoms with Crippen LogP contribution in [-0.2, 0) is 28.6 Å². The second kappa shape index (κ2) is 70.1. The summed E-state index contributed by atoms with van der Waals surface area (Å²) in [5.41, 5.74) is 0. The molecule has 6 heteroatoms. The van der Waals surface area contributed by atoms with Gasteiger partial charge in [-0.15, -0.1) is 0 Å². The lowest BCUT2D eigenvalue weighted by molar-refractivity contribution is -0.167. The predicted octanol–water partition coefficient (Wildman–Crippen LogP) is 24.6. The van der Waals surface area contributed by atoms with Crippen molar-refractivity contribution in [2.45, 2.75) is 367 Å². The van der Waals surface area contributed by atoms with Gasteiger partial charge in [-0.1, -0.05) is 337 Å². The van der Waals surface area contributed by atoms with E-state index in [4.69, 9.17) is 14.2 Å². The van der Waals surface area contributed by atoms with Gasteiger partial charge >= 0.3 is 17.9 Å². The van der Waals surface area contributed by atoms with Crippen molar-refractivity contribution >= 4 is 17.9 Å². The number of carbonyl (C=O) groups is 3. The highest BCUT2D eigenvalue weighted by Gasteiger charge is 2.19. The summed E-state index contributed by atoms with van der Waals surface area (Å²) in [6.45, 7) is 6.49. The second-order valence-electron chi connectivity index (χ2n) is 23.8. The zero-order valence-corrected chi connectivity index (χ0v) is 54.5. The van der Waals surface area contributed by atoms with Crippen molar-refractivity contribution in [2.24, 2.45) is 0 Å². The van der Waals surface area contributed by atoms with E-state index in [1.165, 1.54) is 199 Å². The number of hydrogen-bond donors (Lipinski definition) is 0. The Bertz CT molecular complexity index is 1550. The van der Waals surface area contributed by atoms with E-state index in [1.54, 1.807) is 0 Å². The highest BCUT2D eigenvalue weighted by molar-refractivity contribution is 5.71. The molecule has 1 atom stereocenters. The average Bonchev–Trinajstić information content (AvgIpc) is 3.47. The van der Waals surface area contributed by atoms with Gasteiger partial charge in [-0.25, -0.2) is 0 Å². The molecule has 0 spiro atoms. The van der Waals surface area contributed by atoms with Crippen molar-refractivity contribution in [3.63, 3.8) is 0 Å². The van der Waals surface area contributed by atoms with E-state index in [2.05, 4.69) is 106 Å². The summed E-state index contributed by atoms with van der Waals surface area (Å²) in [7, 11) is 0. The number of ether oxygens (including phenoxy) is 3. The molecule has 0 bridgehead atoms. The molecular formula is C76H134O6. The van der Waals surface area contributed by atoms with Crippen LogP contribution in [0, 0.1) is 0 Å². The molecular weight excluding hydrogens is 1010 g/mol. The molecule has 0 heterocycles. The van der Waals surface area contributed by atoms with Crippen LogP contribution in [0.1, 0.15) is 361 Å². The molecule has 0 aromatic carbocycles. The van der Waals surface area contributed by atoms with Crippen molar-refractivity contribution in [2.75, 3.05) is 13.2 Å². The summed E-state index contributed by atoms with van der Waals surface area (Å²) >= 11 is 0.